The van der Waals surface area contributed by atoms with Crippen LogP contribution in [0.5, 0.6) is 0 Å². The number of likely N-dealkylation sites (tertiary alicyclic amines) is 1. The molecule has 1 aliphatic heterocycles. The van der Waals surface area contributed by atoms with Gasteiger partial charge < -0.3 is 19.3 Å². The summed E-state index contributed by atoms with van der Waals surface area (Å²) in [5.41, 5.74) is 7.96. The van der Waals surface area contributed by atoms with Gasteiger partial charge in [-0.05, 0) is 46.2 Å². The van der Waals surface area contributed by atoms with Crippen LogP contribution in [0.25, 0.3) is 28.5 Å². The number of nitrogen functional groups attached to an aromatic ring is 1. The number of amides is 1. The maximum absolute atomic E-state index is 14.3. The fourth-order valence-corrected chi connectivity index (χ4v) is 4.69. The molecule has 0 spiro atoms. The molecule has 4 aromatic rings. The molecule has 1 aliphatic rings. The first-order valence-corrected chi connectivity index (χ1v) is 12.7. The molecule has 40 heavy (non-hydrogen) atoms. The third-order valence-electron chi connectivity index (χ3n) is 6.50. The highest BCUT2D eigenvalue weighted by atomic mass is 19.3. The van der Waals surface area contributed by atoms with Crippen LogP contribution in [0.3, 0.4) is 0 Å². The van der Waals surface area contributed by atoms with Gasteiger partial charge in [0.2, 0.25) is 5.89 Å². The Morgan fingerprint density at radius 1 is 1.20 bits per heavy atom. The molecule has 0 saturated carbocycles. The lowest BCUT2D eigenvalue weighted by atomic mass is 10.0. The Balaban J connectivity index is 1.44. The maximum atomic E-state index is 14.3. The van der Waals surface area contributed by atoms with Crippen LogP contribution >= 0.6 is 0 Å². The lowest BCUT2D eigenvalue weighted by Crippen LogP contribution is -2.40. The fraction of sp³-hybridized carbons (Fsp3) is 0.407. The van der Waals surface area contributed by atoms with Crippen molar-refractivity contribution >= 4 is 23.3 Å². The number of pyridine rings is 1. The standard InChI is InChI=1S/C27H29F2N7O4/c1-15-12-32-19-8-5-16(13-35(15)19)20-22(24-31-9-10-39-24)34-23(30)21(33-20)18(37)7-6-17-11-27(28,29)14-36(17)25(38)40-26(2,3)4/h5,8-10,12-13,17H,6-7,11,14H2,1-4H3,(H2,30,34)/t17-/m0/s1. The summed E-state index contributed by atoms with van der Waals surface area (Å²) in [5.74, 6) is -3.57. The van der Waals surface area contributed by atoms with Gasteiger partial charge in [-0.15, -0.1) is 0 Å². The summed E-state index contributed by atoms with van der Waals surface area (Å²) in [6, 6.07) is 2.69. The van der Waals surface area contributed by atoms with Gasteiger partial charge in [0.15, 0.2) is 17.3 Å². The van der Waals surface area contributed by atoms with Crippen LogP contribution in [0.2, 0.25) is 0 Å². The highest BCUT2D eigenvalue weighted by Gasteiger charge is 2.48. The first kappa shape index (κ1) is 27.2. The number of aromatic nitrogens is 5. The Morgan fingerprint density at radius 2 is 1.98 bits per heavy atom. The third kappa shape index (κ3) is 5.49. The number of halogens is 2. The second kappa shape index (κ2) is 9.96. The number of imidazole rings is 1. The van der Waals surface area contributed by atoms with Gasteiger partial charge in [-0.1, -0.05) is 0 Å². The Morgan fingerprint density at radius 3 is 2.67 bits per heavy atom. The van der Waals surface area contributed by atoms with Gasteiger partial charge in [-0.3, -0.25) is 9.69 Å². The van der Waals surface area contributed by atoms with E-state index in [1.54, 1.807) is 45.3 Å². The number of aryl methyl sites for hydroxylation is 1. The van der Waals surface area contributed by atoms with E-state index in [0.29, 0.717) is 11.3 Å². The molecule has 0 unspecified atom stereocenters. The highest BCUT2D eigenvalue weighted by molar-refractivity contribution is 5.99. The SMILES string of the molecule is Cc1cnc2ccc(-c3nc(C(=O)CC[C@H]4CC(F)(F)CN4C(=O)OC(C)(C)C)c(N)nc3-c3ncco3)cn12. The normalized spacial score (nSPS) is 16.9. The quantitative estimate of drug-likeness (QED) is 0.328. The van der Waals surface area contributed by atoms with Gasteiger partial charge in [0, 0.05) is 42.5 Å². The molecule has 11 nitrogen and oxygen atoms in total. The zero-order valence-electron chi connectivity index (χ0n) is 22.5. The van der Waals surface area contributed by atoms with Crippen LogP contribution in [0.4, 0.5) is 19.4 Å². The zero-order chi connectivity index (χ0) is 28.8. The number of ketones is 1. The van der Waals surface area contributed by atoms with E-state index in [9.17, 15) is 18.4 Å². The number of hydrogen-bond acceptors (Lipinski definition) is 9. The van der Waals surface area contributed by atoms with Gasteiger partial charge in [0.25, 0.3) is 5.92 Å². The summed E-state index contributed by atoms with van der Waals surface area (Å²) in [6.07, 6.45) is 4.74. The molecule has 1 saturated heterocycles. The molecule has 0 aliphatic carbocycles. The molecule has 5 heterocycles. The predicted octanol–water partition coefficient (Wildman–Crippen LogP) is 4.94. The number of fused-ring (bicyclic) bond motifs is 1. The highest BCUT2D eigenvalue weighted by Crippen LogP contribution is 2.36. The number of ether oxygens (including phenoxy) is 1. The fourth-order valence-electron chi connectivity index (χ4n) is 4.69. The smallest absolute Gasteiger partial charge is 0.410 e. The predicted molar refractivity (Wildman–Crippen MR) is 141 cm³/mol. The number of nitrogens with two attached hydrogens (primary N) is 1. The second-order valence-corrected chi connectivity index (χ2v) is 10.8. The van der Waals surface area contributed by atoms with Crippen molar-refractivity contribution in [2.45, 2.75) is 64.5 Å². The molecule has 0 radical (unpaired) electrons. The number of hydrogen-bond donors (Lipinski definition) is 1. The van der Waals surface area contributed by atoms with Gasteiger partial charge in [0.05, 0.1) is 12.7 Å². The van der Waals surface area contributed by atoms with Gasteiger partial charge in [-0.2, -0.15) is 0 Å². The Labute approximate surface area is 228 Å². The number of Topliss-reactive ketones (excluding diaryl/α,β-unsaturated/α-hetero) is 1. The molecule has 13 heteroatoms. The lowest BCUT2D eigenvalue weighted by Gasteiger charge is -2.28. The van der Waals surface area contributed by atoms with Gasteiger partial charge in [0.1, 0.15) is 28.9 Å². The first-order chi connectivity index (χ1) is 18.8. The van der Waals surface area contributed by atoms with E-state index in [1.165, 1.54) is 12.5 Å². The summed E-state index contributed by atoms with van der Waals surface area (Å²) < 4.78 is 41.2. The van der Waals surface area contributed by atoms with Crippen LogP contribution in [0.1, 0.15) is 56.2 Å². The van der Waals surface area contributed by atoms with E-state index in [-0.39, 0.29) is 35.9 Å². The summed E-state index contributed by atoms with van der Waals surface area (Å²) >= 11 is 0. The number of carbonyl (C=O) groups excluding carboxylic acids is 2. The number of oxazole rings is 1. The summed E-state index contributed by atoms with van der Waals surface area (Å²) in [5, 5.41) is 0. The first-order valence-electron chi connectivity index (χ1n) is 12.7. The van der Waals surface area contributed by atoms with Crippen molar-refractivity contribution in [3.63, 3.8) is 0 Å². The van der Waals surface area contributed by atoms with Crippen LogP contribution in [-0.4, -0.2) is 65.2 Å². The van der Waals surface area contributed by atoms with Crippen LogP contribution < -0.4 is 5.73 Å². The molecule has 1 fully saturated rings. The van der Waals surface area contributed by atoms with E-state index in [1.807, 2.05) is 11.3 Å². The molecular weight excluding hydrogens is 524 g/mol. The van der Waals surface area contributed by atoms with E-state index in [0.717, 1.165) is 16.2 Å². The van der Waals surface area contributed by atoms with Crippen LogP contribution in [0, 0.1) is 6.92 Å². The average molecular weight is 554 g/mol. The Kier molecular flexibility index (Phi) is 6.76. The van der Waals surface area contributed by atoms with Gasteiger partial charge >= 0.3 is 6.09 Å². The van der Waals surface area contributed by atoms with Crippen molar-refractivity contribution in [2.75, 3.05) is 12.3 Å². The number of nitrogens with zero attached hydrogens (tertiary/aromatic N) is 6. The van der Waals surface area contributed by atoms with Crippen molar-refractivity contribution in [3.05, 3.63) is 48.4 Å². The van der Waals surface area contributed by atoms with E-state index in [4.69, 9.17) is 14.9 Å². The Hall–Kier alpha value is -4.42. The van der Waals surface area contributed by atoms with E-state index < -0.39 is 42.4 Å². The van der Waals surface area contributed by atoms with E-state index in [2.05, 4.69) is 19.9 Å². The number of rotatable bonds is 6. The molecule has 1 amide bonds. The van der Waals surface area contributed by atoms with Crippen molar-refractivity contribution in [1.29, 1.82) is 0 Å². The summed E-state index contributed by atoms with van der Waals surface area (Å²) in [6.45, 7) is 6.10. The molecule has 210 valence electrons. The largest absolute Gasteiger partial charge is 0.444 e. The minimum Gasteiger partial charge on any atom is -0.444 e. The van der Waals surface area contributed by atoms with Gasteiger partial charge in [-0.25, -0.2) is 33.5 Å². The average Bonchev–Trinajstić information content (AvgIpc) is 3.60. The molecule has 5 rings (SSSR count). The monoisotopic (exact) mass is 553 g/mol. The number of alkyl halides is 2. The second-order valence-electron chi connectivity index (χ2n) is 10.8. The van der Waals surface area contributed by atoms with Crippen LogP contribution in [0.15, 0.2) is 41.4 Å². The molecule has 0 aromatic carbocycles. The van der Waals surface area contributed by atoms with Crippen molar-refractivity contribution < 1.29 is 27.5 Å². The molecular formula is C27H29F2N7O4. The molecule has 2 N–H and O–H groups in total. The van der Waals surface area contributed by atoms with Crippen LogP contribution in [-0.2, 0) is 4.74 Å². The number of anilines is 1. The topological polar surface area (TPSA) is 142 Å². The van der Waals surface area contributed by atoms with Crippen molar-refractivity contribution in [3.8, 4) is 22.8 Å². The summed E-state index contributed by atoms with van der Waals surface area (Å²) in [4.78, 5) is 44.4. The minimum atomic E-state index is -3.08. The molecule has 4 aromatic heterocycles. The molecule has 0 bridgehead atoms. The van der Waals surface area contributed by atoms with E-state index >= 15 is 0 Å². The lowest BCUT2D eigenvalue weighted by molar-refractivity contribution is -0.00247. The van der Waals surface area contributed by atoms with Crippen molar-refractivity contribution in [1.82, 2.24) is 29.2 Å². The third-order valence-corrected chi connectivity index (χ3v) is 6.50. The maximum Gasteiger partial charge on any atom is 0.410 e. The Bertz CT molecular complexity index is 1580. The zero-order valence-corrected chi connectivity index (χ0v) is 22.5. The minimum absolute atomic E-state index is 0.0220. The summed E-state index contributed by atoms with van der Waals surface area (Å²) in [7, 11) is 0. The molecule has 1 atom stereocenters. The van der Waals surface area contributed by atoms with Crippen molar-refractivity contribution in [2.24, 2.45) is 0 Å². The number of carbonyl (C=O) groups is 2.